The molecule has 3 rings (SSSR count). The van der Waals surface area contributed by atoms with Gasteiger partial charge in [-0.25, -0.2) is 4.39 Å². The van der Waals surface area contributed by atoms with Crippen molar-refractivity contribution < 1.29 is 22.4 Å². The third-order valence-electron chi connectivity index (χ3n) is 6.75. The number of anilines is 1. The van der Waals surface area contributed by atoms with Gasteiger partial charge < -0.3 is 5.32 Å². The topological polar surface area (TPSA) is 29.1 Å². The quantitative estimate of drug-likeness (QED) is 0.454. The predicted octanol–water partition coefficient (Wildman–Crippen LogP) is 7.52. The van der Waals surface area contributed by atoms with Crippen molar-refractivity contribution >= 4 is 11.6 Å². The van der Waals surface area contributed by atoms with Crippen molar-refractivity contribution in [3.63, 3.8) is 0 Å². The summed E-state index contributed by atoms with van der Waals surface area (Å²) in [6, 6.07) is 8.27. The second-order valence-corrected chi connectivity index (χ2v) is 9.41. The van der Waals surface area contributed by atoms with Crippen molar-refractivity contribution in [2.24, 2.45) is 11.8 Å². The third-order valence-corrected chi connectivity index (χ3v) is 6.75. The molecule has 2 nitrogen and oxygen atoms in total. The number of nitrogens with one attached hydrogen (secondary N) is 1. The van der Waals surface area contributed by atoms with E-state index in [1.807, 2.05) is 19.9 Å². The molecule has 174 valence electrons. The molecule has 0 aliphatic heterocycles. The van der Waals surface area contributed by atoms with E-state index in [0.717, 1.165) is 23.3 Å². The van der Waals surface area contributed by atoms with E-state index in [0.29, 0.717) is 42.9 Å². The fourth-order valence-electron chi connectivity index (χ4n) is 4.53. The highest BCUT2D eigenvalue weighted by Crippen LogP contribution is 2.50. The lowest BCUT2D eigenvalue weighted by Crippen LogP contribution is -2.29. The van der Waals surface area contributed by atoms with Gasteiger partial charge in [-0.15, -0.1) is 0 Å². The highest BCUT2D eigenvalue weighted by molar-refractivity contribution is 5.91. The van der Waals surface area contributed by atoms with E-state index in [1.54, 1.807) is 6.07 Å². The van der Waals surface area contributed by atoms with Crippen LogP contribution in [0.15, 0.2) is 36.4 Å². The molecular formula is C26H31F4NO. The van der Waals surface area contributed by atoms with Crippen LogP contribution in [-0.4, -0.2) is 12.1 Å². The summed E-state index contributed by atoms with van der Waals surface area (Å²) < 4.78 is 55.9. The number of benzene rings is 2. The minimum atomic E-state index is -4.45. The first kappa shape index (κ1) is 24.3. The second-order valence-electron chi connectivity index (χ2n) is 9.41. The minimum absolute atomic E-state index is 0.0782. The van der Waals surface area contributed by atoms with E-state index in [1.165, 1.54) is 12.1 Å². The van der Waals surface area contributed by atoms with Gasteiger partial charge in [-0.2, -0.15) is 13.2 Å². The summed E-state index contributed by atoms with van der Waals surface area (Å²) >= 11 is 0. The van der Waals surface area contributed by atoms with Gasteiger partial charge in [0.1, 0.15) is 5.82 Å². The molecule has 1 aliphatic rings. The van der Waals surface area contributed by atoms with Gasteiger partial charge in [0.25, 0.3) is 0 Å². The molecule has 3 unspecified atom stereocenters. The van der Waals surface area contributed by atoms with E-state index in [4.69, 9.17) is 0 Å². The molecule has 6 heteroatoms. The Hall–Kier alpha value is -2.37. The summed E-state index contributed by atoms with van der Waals surface area (Å²) in [6.45, 7) is 7.98. The van der Waals surface area contributed by atoms with Gasteiger partial charge in [-0.3, -0.25) is 4.79 Å². The van der Waals surface area contributed by atoms with Crippen molar-refractivity contribution in [1.29, 1.82) is 0 Å². The van der Waals surface area contributed by atoms with Crippen LogP contribution in [-0.2, 0) is 11.2 Å². The third kappa shape index (κ3) is 5.51. The van der Waals surface area contributed by atoms with E-state index < -0.39 is 23.8 Å². The molecule has 0 heterocycles. The van der Waals surface area contributed by atoms with Crippen molar-refractivity contribution in [2.45, 2.75) is 71.4 Å². The number of aryl methyl sites for hydroxylation is 2. The Bertz CT molecular complexity index is 950. The molecule has 2 aromatic rings. The van der Waals surface area contributed by atoms with E-state index in [-0.39, 0.29) is 17.4 Å². The zero-order valence-corrected chi connectivity index (χ0v) is 19.0. The fraction of sp³-hybridized carbons (Fsp3) is 0.500. The molecule has 3 atom stereocenters. The van der Waals surface area contributed by atoms with Gasteiger partial charge in [0.15, 0.2) is 0 Å². The Morgan fingerprint density at radius 3 is 2.38 bits per heavy atom. The van der Waals surface area contributed by atoms with Gasteiger partial charge >= 0.3 is 6.18 Å². The van der Waals surface area contributed by atoms with Crippen LogP contribution in [0.4, 0.5) is 23.2 Å². The highest BCUT2D eigenvalue weighted by Gasteiger charge is 2.47. The highest BCUT2D eigenvalue weighted by atomic mass is 19.4. The second kappa shape index (κ2) is 9.63. The number of carbonyl (C=O) groups excluding carboxylic acids is 1. The molecule has 0 fully saturated rings. The van der Waals surface area contributed by atoms with Crippen molar-refractivity contribution in [3.8, 4) is 0 Å². The summed E-state index contributed by atoms with van der Waals surface area (Å²) in [5, 5.41) is 2.96. The number of hydrogen-bond donors (Lipinski definition) is 1. The molecular weight excluding hydrogens is 418 g/mol. The fourth-order valence-corrected chi connectivity index (χ4v) is 4.53. The molecule has 0 bridgehead atoms. The van der Waals surface area contributed by atoms with Crippen LogP contribution >= 0.6 is 0 Å². The zero-order valence-electron chi connectivity index (χ0n) is 19.0. The van der Waals surface area contributed by atoms with Gasteiger partial charge in [0, 0.05) is 12.1 Å². The maximum absolute atomic E-state index is 14.2. The summed E-state index contributed by atoms with van der Waals surface area (Å²) in [6.07, 6.45) is -2.34. The van der Waals surface area contributed by atoms with Gasteiger partial charge in [0.2, 0.25) is 5.91 Å². The lowest BCUT2D eigenvalue weighted by atomic mass is 9.72. The van der Waals surface area contributed by atoms with E-state index in [2.05, 4.69) is 19.2 Å². The standard InChI is InChI=1S/C26H31F4NO/c1-15(2)16(3)13-24(32)31-23-14-19-6-5-7-21(22(19)12-17(23)4)25(26(28,29)30)18-8-10-20(27)11-9-18/h8-12,14-16,21,25H,5-7,13H2,1-4H3,(H,31,32). The Labute approximate surface area is 187 Å². The Morgan fingerprint density at radius 2 is 1.78 bits per heavy atom. The maximum atomic E-state index is 14.2. The number of alkyl halides is 3. The number of carbonyl (C=O) groups is 1. The van der Waals surface area contributed by atoms with Crippen LogP contribution in [0.25, 0.3) is 0 Å². The van der Waals surface area contributed by atoms with Crippen LogP contribution in [0, 0.1) is 24.6 Å². The first-order chi connectivity index (χ1) is 15.0. The molecule has 0 saturated carbocycles. The first-order valence-electron chi connectivity index (χ1n) is 11.2. The number of amides is 1. The summed E-state index contributed by atoms with van der Waals surface area (Å²) in [7, 11) is 0. The molecule has 1 amide bonds. The number of halogens is 4. The number of rotatable bonds is 6. The first-order valence-corrected chi connectivity index (χ1v) is 11.2. The van der Waals surface area contributed by atoms with E-state index >= 15 is 0 Å². The minimum Gasteiger partial charge on any atom is -0.326 e. The van der Waals surface area contributed by atoms with Gasteiger partial charge in [-0.1, -0.05) is 39.0 Å². The summed E-state index contributed by atoms with van der Waals surface area (Å²) in [4.78, 5) is 12.5. The van der Waals surface area contributed by atoms with Crippen LogP contribution in [0.5, 0.6) is 0 Å². The number of hydrogen-bond acceptors (Lipinski definition) is 1. The van der Waals surface area contributed by atoms with Crippen LogP contribution in [0.2, 0.25) is 0 Å². The average Bonchev–Trinajstić information content (AvgIpc) is 2.69. The molecule has 0 spiro atoms. The average molecular weight is 450 g/mol. The molecule has 1 aliphatic carbocycles. The lowest BCUT2D eigenvalue weighted by Gasteiger charge is -2.34. The Balaban J connectivity index is 1.93. The van der Waals surface area contributed by atoms with Crippen LogP contribution in [0.3, 0.4) is 0 Å². The SMILES string of the molecule is Cc1cc2c(cc1NC(=O)CC(C)C(C)C)CCCC2C(c1ccc(F)cc1)C(F)(F)F. The Kier molecular flexibility index (Phi) is 7.31. The predicted molar refractivity (Wildman–Crippen MR) is 119 cm³/mol. The molecule has 32 heavy (non-hydrogen) atoms. The monoisotopic (exact) mass is 449 g/mol. The number of fused-ring (bicyclic) bond motifs is 1. The maximum Gasteiger partial charge on any atom is 0.396 e. The smallest absolute Gasteiger partial charge is 0.326 e. The molecule has 0 radical (unpaired) electrons. The largest absolute Gasteiger partial charge is 0.396 e. The molecule has 0 saturated heterocycles. The van der Waals surface area contributed by atoms with Gasteiger partial charge in [-0.05, 0) is 84.4 Å². The van der Waals surface area contributed by atoms with Crippen molar-refractivity contribution in [1.82, 2.24) is 0 Å². The van der Waals surface area contributed by atoms with Crippen molar-refractivity contribution in [2.75, 3.05) is 5.32 Å². The van der Waals surface area contributed by atoms with Crippen molar-refractivity contribution in [3.05, 3.63) is 64.5 Å². The summed E-state index contributed by atoms with van der Waals surface area (Å²) in [5.74, 6) is -2.46. The van der Waals surface area contributed by atoms with E-state index in [9.17, 15) is 22.4 Å². The molecule has 1 N–H and O–H groups in total. The van der Waals surface area contributed by atoms with Crippen LogP contribution in [0.1, 0.15) is 74.1 Å². The lowest BCUT2D eigenvalue weighted by molar-refractivity contribution is -0.156. The van der Waals surface area contributed by atoms with Gasteiger partial charge in [0.05, 0.1) is 5.92 Å². The zero-order chi connectivity index (χ0) is 23.6. The Morgan fingerprint density at radius 1 is 1.12 bits per heavy atom. The normalized spacial score (nSPS) is 18.2. The van der Waals surface area contributed by atoms with Crippen LogP contribution < -0.4 is 5.32 Å². The molecule has 0 aromatic heterocycles. The molecule has 2 aromatic carbocycles. The summed E-state index contributed by atoms with van der Waals surface area (Å²) in [5.41, 5.74) is 3.01.